The highest BCUT2D eigenvalue weighted by Crippen LogP contribution is 2.18. The van der Waals surface area contributed by atoms with Crippen LogP contribution in [0.5, 0.6) is 5.75 Å². The van der Waals surface area contributed by atoms with E-state index >= 15 is 0 Å². The number of nitrogens with zero attached hydrogens (tertiary/aromatic N) is 1. The third-order valence-electron chi connectivity index (χ3n) is 4.78. The zero-order valence-electron chi connectivity index (χ0n) is 18.1. The standard InChI is InChI=1S/C24H32N2O3S/c1-4-14-25-24(28)19(2)26(17-21-11-8-12-22(16-21)29-3)23(27)13-15-30-18-20-9-6-5-7-10-20/h5-12,16,19H,4,13-15,17-18H2,1-3H3,(H,25,28)/t19-/m0/s1. The zero-order chi connectivity index (χ0) is 21.8. The zero-order valence-corrected chi connectivity index (χ0v) is 18.9. The summed E-state index contributed by atoms with van der Waals surface area (Å²) in [6, 6.07) is 17.3. The second-order valence-corrected chi connectivity index (χ2v) is 8.23. The van der Waals surface area contributed by atoms with Crippen molar-refractivity contribution in [3.8, 4) is 5.75 Å². The van der Waals surface area contributed by atoms with Crippen LogP contribution in [0.4, 0.5) is 0 Å². The van der Waals surface area contributed by atoms with Crippen molar-refractivity contribution in [3.05, 3.63) is 65.7 Å². The van der Waals surface area contributed by atoms with E-state index < -0.39 is 6.04 Å². The summed E-state index contributed by atoms with van der Waals surface area (Å²) < 4.78 is 5.29. The minimum Gasteiger partial charge on any atom is -0.497 e. The summed E-state index contributed by atoms with van der Waals surface area (Å²) in [6.45, 7) is 4.78. The van der Waals surface area contributed by atoms with E-state index in [4.69, 9.17) is 4.74 Å². The van der Waals surface area contributed by atoms with Crippen LogP contribution in [0.15, 0.2) is 54.6 Å². The van der Waals surface area contributed by atoms with Crippen LogP contribution in [0.2, 0.25) is 0 Å². The van der Waals surface area contributed by atoms with Crippen molar-refractivity contribution in [2.75, 3.05) is 19.4 Å². The molecule has 2 rings (SSSR count). The van der Waals surface area contributed by atoms with Gasteiger partial charge >= 0.3 is 0 Å². The Balaban J connectivity index is 2.01. The van der Waals surface area contributed by atoms with Crippen molar-refractivity contribution in [1.82, 2.24) is 10.2 Å². The van der Waals surface area contributed by atoms with E-state index in [1.54, 1.807) is 30.7 Å². The van der Waals surface area contributed by atoms with Crippen LogP contribution < -0.4 is 10.1 Å². The smallest absolute Gasteiger partial charge is 0.242 e. The Kier molecular flexibility index (Phi) is 10.3. The van der Waals surface area contributed by atoms with E-state index in [1.165, 1.54) is 5.56 Å². The Morgan fingerprint density at radius 2 is 1.83 bits per heavy atom. The highest BCUT2D eigenvalue weighted by Gasteiger charge is 2.25. The molecule has 1 N–H and O–H groups in total. The molecule has 0 bridgehead atoms. The summed E-state index contributed by atoms with van der Waals surface area (Å²) in [4.78, 5) is 27.2. The lowest BCUT2D eigenvalue weighted by molar-refractivity contribution is -0.140. The second-order valence-electron chi connectivity index (χ2n) is 7.13. The van der Waals surface area contributed by atoms with Crippen molar-refractivity contribution in [3.63, 3.8) is 0 Å². The van der Waals surface area contributed by atoms with Crippen LogP contribution in [0, 0.1) is 0 Å². The maximum atomic E-state index is 13.0. The number of hydrogen-bond donors (Lipinski definition) is 1. The molecule has 0 aromatic heterocycles. The number of ether oxygens (including phenoxy) is 1. The Hall–Kier alpha value is -2.47. The van der Waals surface area contributed by atoms with Gasteiger partial charge in [0.15, 0.2) is 0 Å². The largest absolute Gasteiger partial charge is 0.497 e. The molecule has 0 aliphatic heterocycles. The van der Waals surface area contributed by atoms with Gasteiger partial charge in [-0.25, -0.2) is 0 Å². The van der Waals surface area contributed by atoms with Crippen LogP contribution in [0.1, 0.15) is 37.8 Å². The van der Waals surface area contributed by atoms with Crippen LogP contribution in [-0.4, -0.2) is 42.2 Å². The van der Waals surface area contributed by atoms with Crippen LogP contribution in [-0.2, 0) is 21.9 Å². The lowest BCUT2D eigenvalue weighted by atomic mass is 10.1. The molecule has 0 saturated heterocycles. The average molecular weight is 429 g/mol. The first-order valence-corrected chi connectivity index (χ1v) is 11.5. The minimum absolute atomic E-state index is 0.0162. The van der Waals surface area contributed by atoms with E-state index in [-0.39, 0.29) is 11.8 Å². The SMILES string of the molecule is CCCNC(=O)[C@H](C)N(Cc1cccc(OC)c1)C(=O)CCSCc1ccccc1. The number of hydrogen-bond acceptors (Lipinski definition) is 4. The highest BCUT2D eigenvalue weighted by atomic mass is 32.2. The predicted octanol–water partition coefficient (Wildman–Crippen LogP) is 4.26. The molecule has 6 heteroatoms. The van der Waals surface area contributed by atoms with Gasteiger partial charge in [0.1, 0.15) is 11.8 Å². The van der Waals surface area contributed by atoms with Crippen molar-refractivity contribution >= 4 is 23.6 Å². The Morgan fingerprint density at radius 3 is 2.53 bits per heavy atom. The molecule has 0 radical (unpaired) electrons. The van der Waals surface area contributed by atoms with E-state index in [0.29, 0.717) is 25.3 Å². The lowest BCUT2D eigenvalue weighted by Crippen LogP contribution is -2.47. The molecule has 0 unspecified atom stereocenters. The van der Waals surface area contributed by atoms with Gasteiger partial charge in [-0.05, 0) is 36.6 Å². The number of thioether (sulfide) groups is 1. The number of methoxy groups -OCH3 is 1. The van der Waals surface area contributed by atoms with Crippen molar-refractivity contribution < 1.29 is 14.3 Å². The van der Waals surface area contributed by atoms with Gasteiger partial charge in [0, 0.05) is 31.0 Å². The van der Waals surface area contributed by atoms with Gasteiger partial charge in [0.2, 0.25) is 11.8 Å². The van der Waals surface area contributed by atoms with Crippen molar-refractivity contribution in [2.24, 2.45) is 0 Å². The number of carbonyl (C=O) groups excluding carboxylic acids is 2. The van der Waals surface area contributed by atoms with Crippen molar-refractivity contribution in [2.45, 2.75) is 45.0 Å². The predicted molar refractivity (Wildman–Crippen MR) is 124 cm³/mol. The maximum absolute atomic E-state index is 13.0. The summed E-state index contributed by atoms with van der Waals surface area (Å²) in [5, 5.41) is 2.90. The fourth-order valence-corrected chi connectivity index (χ4v) is 3.90. The number of nitrogens with one attached hydrogen (secondary N) is 1. The molecule has 0 saturated carbocycles. The van der Waals surface area contributed by atoms with E-state index in [2.05, 4.69) is 17.4 Å². The number of amides is 2. The second kappa shape index (κ2) is 13.0. The molecule has 2 aromatic carbocycles. The molecular weight excluding hydrogens is 396 g/mol. The van der Waals surface area contributed by atoms with Gasteiger partial charge in [-0.3, -0.25) is 9.59 Å². The summed E-state index contributed by atoms with van der Waals surface area (Å²) in [5.74, 6) is 2.19. The first-order valence-electron chi connectivity index (χ1n) is 10.4. The van der Waals surface area contributed by atoms with E-state index in [9.17, 15) is 9.59 Å². The van der Waals surface area contributed by atoms with Gasteiger partial charge in [-0.2, -0.15) is 11.8 Å². The molecule has 162 valence electrons. The average Bonchev–Trinajstić information content (AvgIpc) is 2.78. The molecule has 1 atom stereocenters. The third kappa shape index (κ3) is 7.75. The highest BCUT2D eigenvalue weighted by molar-refractivity contribution is 7.98. The first kappa shape index (κ1) is 23.8. The van der Waals surface area contributed by atoms with Crippen LogP contribution in [0.3, 0.4) is 0 Å². The molecule has 2 aromatic rings. The van der Waals surface area contributed by atoms with E-state index in [0.717, 1.165) is 23.5 Å². The molecule has 30 heavy (non-hydrogen) atoms. The van der Waals surface area contributed by atoms with Gasteiger partial charge in [-0.1, -0.05) is 49.4 Å². The maximum Gasteiger partial charge on any atom is 0.242 e. The Morgan fingerprint density at radius 1 is 1.10 bits per heavy atom. The fraction of sp³-hybridized carbons (Fsp3) is 0.417. The molecule has 0 spiro atoms. The summed E-state index contributed by atoms with van der Waals surface area (Å²) in [5.41, 5.74) is 2.19. The normalized spacial score (nSPS) is 11.6. The monoisotopic (exact) mass is 428 g/mol. The third-order valence-corrected chi connectivity index (χ3v) is 5.81. The summed E-state index contributed by atoms with van der Waals surface area (Å²) >= 11 is 1.73. The summed E-state index contributed by atoms with van der Waals surface area (Å²) in [7, 11) is 1.62. The lowest BCUT2D eigenvalue weighted by Gasteiger charge is -2.29. The molecule has 0 aliphatic carbocycles. The summed E-state index contributed by atoms with van der Waals surface area (Å²) in [6.07, 6.45) is 1.26. The minimum atomic E-state index is -0.533. The van der Waals surface area contributed by atoms with Gasteiger partial charge in [0.25, 0.3) is 0 Å². The van der Waals surface area contributed by atoms with Crippen LogP contribution in [0.25, 0.3) is 0 Å². The topological polar surface area (TPSA) is 58.6 Å². The Labute approximate surface area is 184 Å². The molecule has 5 nitrogen and oxygen atoms in total. The number of rotatable bonds is 12. The van der Waals surface area contributed by atoms with Gasteiger partial charge in [0.05, 0.1) is 7.11 Å². The number of carbonyl (C=O) groups is 2. The molecular formula is C24H32N2O3S. The van der Waals surface area contributed by atoms with E-state index in [1.807, 2.05) is 49.4 Å². The van der Waals surface area contributed by atoms with Gasteiger partial charge in [-0.15, -0.1) is 0 Å². The van der Waals surface area contributed by atoms with Crippen molar-refractivity contribution in [1.29, 1.82) is 0 Å². The molecule has 0 fully saturated rings. The molecule has 0 heterocycles. The first-order chi connectivity index (χ1) is 14.5. The van der Waals surface area contributed by atoms with Gasteiger partial charge < -0.3 is 15.0 Å². The molecule has 0 aliphatic rings. The fourth-order valence-electron chi connectivity index (χ4n) is 3.01. The number of benzene rings is 2. The Bertz CT molecular complexity index is 798. The quantitative estimate of drug-likeness (QED) is 0.513. The van der Waals surface area contributed by atoms with Crippen LogP contribution >= 0.6 is 11.8 Å². The molecule has 2 amide bonds.